The molecule has 4 aromatic rings. The summed E-state index contributed by atoms with van der Waals surface area (Å²) >= 11 is 12.1. The maximum absolute atomic E-state index is 13.5. The molecule has 1 amide bonds. The number of carbonyl (C=O) groups is 1. The number of anilines is 1. The van der Waals surface area contributed by atoms with Crippen LogP contribution in [0.4, 0.5) is 11.4 Å². The molecule has 1 aliphatic heterocycles. The average Bonchev–Trinajstić information content (AvgIpc) is 3.46. The number of halogens is 2. The molecule has 172 valence electrons. The highest BCUT2D eigenvalue weighted by molar-refractivity contribution is 6.42. The van der Waals surface area contributed by atoms with Crippen molar-refractivity contribution in [2.75, 3.05) is 4.90 Å². The lowest BCUT2D eigenvalue weighted by atomic mass is 10.1. The lowest BCUT2D eigenvalue weighted by molar-refractivity contribution is -0.384. The maximum atomic E-state index is 13.5. The molecule has 8 heteroatoms. The van der Waals surface area contributed by atoms with Gasteiger partial charge in [0.25, 0.3) is 11.6 Å². The molecule has 0 radical (unpaired) electrons. The van der Waals surface area contributed by atoms with Gasteiger partial charge in [0.2, 0.25) is 0 Å². The number of rotatable bonds is 5. The quantitative estimate of drug-likeness (QED) is 0.159. The summed E-state index contributed by atoms with van der Waals surface area (Å²) in [6.45, 7) is 0. The van der Waals surface area contributed by atoms with Gasteiger partial charge in [0.1, 0.15) is 11.5 Å². The monoisotopic (exact) mass is 502 g/mol. The van der Waals surface area contributed by atoms with E-state index in [1.807, 2.05) is 30.3 Å². The van der Waals surface area contributed by atoms with Gasteiger partial charge in [0.15, 0.2) is 0 Å². The first-order valence-electron chi connectivity index (χ1n) is 10.5. The minimum atomic E-state index is -0.475. The van der Waals surface area contributed by atoms with Gasteiger partial charge in [-0.05, 0) is 60.2 Å². The summed E-state index contributed by atoms with van der Waals surface area (Å²) in [6, 6.07) is 24.1. The molecular formula is C27H16Cl2N2O4. The second-order valence-corrected chi connectivity index (χ2v) is 8.55. The van der Waals surface area contributed by atoms with E-state index >= 15 is 0 Å². The molecule has 0 fully saturated rings. The molecule has 2 heterocycles. The van der Waals surface area contributed by atoms with Crippen molar-refractivity contribution >= 4 is 52.3 Å². The smallest absolute Gasteiger partial charge is 0.269 e. The predicted octanol–water partition coefficient (Wildman–Crippen LogP) is 7.63. The first-order valence-corrected chi connectivity index (χ1v) is 11.3. The second-order valence-electron chi connectivity index (χ2n) is 7.74. The Labute approximate surface area is 210 Å². The molecule has 0 aliphatic carbocycles. The van der Waals surface area contributed by atoms with Gasteiger partial charge < -0.3 is 4.42 Å². The number of non-ortho nitro benzene ring substituents is 1. The topological polar surface area (TPSA) is 76.6 Å². The number of benzene rings is 3. The third kappa shape index (κ3) is 4.49. The van der Waals surface area contributed by atoms with Gasteiger partial charge in [-0.1, -0.05) is 53.5 Å². The molecule has 1 aliphatic rings. The van der Waals surface area contributed by atoms with Crippen molar-refractivity contribution in [2.45, 2.75) is 0 Å². The molecule has 5 rings (SSSR count). The van der Waals surface area contributed by atoms with Gasteiger partial charge in [-0.3, -0.25) is 19.8 Å². The second kappa shape index (κ2) is 9.25. The third-order valence-corrected chi connectivity index (χ3v) is 6.24. The van der Waals surface area contributed by atoms with Crippen LogP contribution in [0.25, 0.3) is 23.1 Å². The van der Waals surface area contributed by atoms with Crippen molar-refractivity contribution in [3.8, 4) is 11.3 Å². The number of furan rings is 1. The van der Waals surface area contributed by atoms with E-state index in [0.29, 0.717) is 38.5 Å². The first-order chi connectivity index (χ1) is 16.9. The number of nitro benzene ring substituents is 1. The van der Waals surface area contributed by atoms with Crippen LogP contribution in [0.15, 0.2) is 101 Å². The fourth-order valence-electron chi connectivity index (χ4n) is 3.80. The summed E-state index contributed by atoms with van der Waals surface area (Å²) in [7, 11) is 0. The molecule has 0 saturated heterocycles. The Balaban J connectivity index is 1.52. The van der Waals surface area contributed by atoms with E-state index in [2.05, 4.69) is 0 Å². The number of amides is 1. The van der Waals surface area contributed by atoms with Crippen molar-refractivity contribution in [3.05, 3.63) is 128 Å². The van der Waals surface area contributed by atoms with Crippen molar-refractivity contribution in [3.63, 3.8) is 0 Å². The molecule has 0 atom stereocenters. The van der Waals surface area contributed by atoms with E-state index in [-0.39, 0.29) is 11.6 Å². The summed E-state index contributed by atoms with van der Waals surface area (Å²) < 4.78 is 5.95. The minimum Gasteiger partial charge on any atom is -0.457 e. The van der Waals surface area contributed by atoms with Gasteiger partial charge in [-0.25, -0.2) is 0 Å². The van der Waals surface area contributed by atoms with Gasteiger partial charge >= 0.3 is 0 Å². The Hall–Kier alpha value is -4.13. The lowest BCUT2D eigenvalue weighted by Gasteiger charge is -2.20. The zero-order chi connectivity index (χ0) is 24.5. The van der Waals surface area contributed by atoms with Crippen molar-refractivity contribution < 1.29 is 14.1 Å². The largest absolute Gasteiger partial charge is 0.457 e. The molecule has 0 spiro atoms. The summed E-state index contributed by atoms with van der Waals surface area (Å²) in [6.07, 6.45) is 3.44. The number of carbonyl (C=O) groups excluding carboxylic acids is 1. The summed E-state index contributed by atoms with van der Waals surface area (Å²) in [5.74, 6) is 0.800. The van der Waals surface area contributed by atoms with Crippen LogP contribution >= 0.6 is 23.2 Å². The average molecular weight is 503 g/mol. The van der Waals surface area contributed by atoms with E-state index in [4.69, 9.17) is 27.6 Å². The van der Waals surface area contributed by atoms with E-state index in [1.54, 1.807) is 54.6 Å². The molecule has 3 aromatic carbocycles. The van der Waals surface area contributed by atoms with E-state index < -0.39 is 4.92 Å². The number of hydrogen-bond donors (Lipinski definition) is 0. The van der Waals surface area contributed by atoms with Crippen LogP contribution in [0.3, 0.4) is 0 Å². The highest BCUT2D eigenvalue weighted by Crippen LogP contribution is 2.36. The minimum absolute atomic E-state index is 0.0492. The highest BCUT2D eigenvalue weighted by Gasteiger charge is 2.31. The van der Waals surface area contributed by atoms with Crippen molar-refractivity contribution in [1.29, 1.82) is 0 Å². The third-order valence-electron chi connectivity index (χ3n) is 5.50. The van der Waals surface area contributed by atoms with E-state index in [1.165, 1.54) is 17.0 Å². The predicted molar refractivity (Wildman–Crippen MR) is 137 cm³/mol. The van der Waals surface area contributed by atoms with Crippen LogP contribution in [-0.2, 0) is 4.79 Å². The molecular weight excluding hydrogens is 487 g/mol. The zero-order valence-electron chi connectivity index (χ0n) is 18.0. The van der Waals surface area contributed by atoms with E-state index in [9.17, 15) is 14.9 Å². The zero-order valence-corrected chi connectivity index (χ0v) is 19.5. The molecule has 0 unspecified atom stereocenters. The summed E-state index contributed by atoms with van der Waals surface area (Å²) in [5.41, 5.74) is 3.14. The Morgan fingerprint density at radius 2 is 1.60 bits per heavy atom. The Bertz CT molecular complexity index is 1510. The van der Waals surface area contributed by atoms with Gasteiger partial charge in [0.05, 0.1) is 20.7 Å². The number of hydrogen-bond acceptors (Lipinski definition) is 4. The summed E-state index contributed by atoms with van der Waals surface area (Å²) in [4.78, 5) is 25.6. The SMILES string of the molecule is O=C1/C(=C/c2ccc(-c3ccc(Cl)c(Cl)c3)o2)C=C(c2ccccc2)N1c1ccc([N+](=O)[O-])cc1. The van der Waals surface area contributed by atoms with Gasteiger partial charge in [-0.2, -0.15) is 0 Å². The molecule has 0 N–H and O–H groups in total. The van der Waals surface area contributed by atoms with Crippen molar-refractivity contribution in [2.24, 2.45) is 0 Å². The Morgan fingerprint density at radius 1 is 0.857 bits per heavy atom. The van der Waals surface area contributed by atoms with Gasteiger partial charge in [-0.15, -0.1) is 0 Å². The van der Waals surface area contributed by atoms with Crippen molar-refractivity contribution in [1.82, 2.24) is 0 Å². The van der Waals surface area contributed by atoms with Crippen LogP contribution in [0.5, 0.6) is 0 Å². The maximum Gasteiger partial charge on any atom is 0.269 e. The highest BCUT2D eigenvalue weighted by atomic mass is 35.5. The van der Waals surface area contributed by atoms with Gasteiger partial charge in [0, 0.05) is 29.0 Å². The fraction of sp³-hybridized carbons (Fsp3) is 0. The molecule has 0 saturated carbocycles. The number of nitro groups is 1. The van der Waals surface area contributed by atoms with E-state index in [0.717, 1.165) is 11.1 Å². The van der Waals surface area contributed by atoms with Crippen LogP contribution in [0.1, 0.15) is 11.3 Å². The van der Waals surface area contributed by atoms with Crippen LogP contribution in [0, 0.1) is 10.1 Å². The molecule has 0 bridgehead atoms. The Morgan fingerprint density at radius 3 is 2.29 bits per heavy atom. The Kier molecular flexibility index (Phi) is 5.99. The van der Waals surface area contributed by atoms with Crippen LogP contribution in [0.2, 0.25) is 10.0 Å². The van der Waals surface area contributed by atoms with Crippen LogP contribution in [-0.4, -0.2) is 10.8 Å². The molecule has 1 aromatic heterocycles. The van der Waals surface area contributed by atoms with Crippen LogP contribution < -0.4 is 4.90 Å². The standard InChI is InChI=1S/C27H16Cl2N2O4/c28-23-12-6-18(15-24(23)29)26-13-11-22(35-26)14-19-16-25(17-4-2-1-3-5-17)30(27(19)32)20-7-9-21(10-8-20)31(33)34/h1-16H/b19-14+. The first kappa shape index (κ1) is 22.7. The fourth-order valence-corrected chi connectivity index (χ4v) is 4.10. The normalized spacial score (nSPS) is 14.5. The number of nitrogens with zero attached hydrogens (tertiary/aromatic N) is 2. The summed E-state index contributed by atoms with van der Waals surface area (Å²) in [5, 5.41) is 11.9. The lowest BCUT2D eigenvalue weighted by Crippen LogP contribution is -2.24. The molecule has 35 heavy (non-hydrogen) atoms. The molecule has 6 nitrogen and oxygen atoms in total.